The number of rotatable bonds is 8. The van der Waals surface area contributed by atoms with Crippen molar-refractivity contribution in [3.8, 4) is 0 Å². The first kappa shape index (κ1) is 24.5. The molecule has 0 spiro atoms. The molecule has 1 atom stereocenters. The highest BCUT2D eigenvalue weighted by Gasteiger charge is 2.55. The van der Waals surface area contributed by atoms with Gasteiger partial charge in [-0.2, -0.15) is 10.2 Å². The summed E-state index contributed by atoms with van der Waals surface area (Å²) in [4.78, 5) is 0.941. The number of hydrogen-bond donors (Lipinski definition) is 3. The molecule has 1 heterocycles. The number of thiol groups is 1. The number of benzene rings is 1. The van der Waals surface area contributed by atoms with E-state index in [2.05, 4.69) is 76.0 Å². The minimum Gasteiger partial charge on any atom is -0.292 e. The molecule has 3 rings (SSSR count). The van der Waals surface area contributed by atoms with Crippen LogP contribution in [0.25, 0.3) is 4.91 Å². The van der Waals surface area contributed by atoms with Gasteiger partial charge in [0.05, 0.1) is 5.02 Å². The molecule has 0 fully saturated rings. The third-order valence-corrected chi connectivity index (χ3v) is 6.70. The van der Waals surface area contributed by atoms with E-state index in [1.54, 1.807) is 0 Å². The molecule has 1 aliphatic heterocycles. The number of halogens is 1. The standard InChI is InChI=1S/C23H31ClN4OS2/c1-7-8-18(31-21(25)17-11-14(27-28-17)12-22(4,5)6)15-9-10-16-19(20(15)24)23(16,29-30)26-13(2)3/h8-10,13,25-26,30H,7,11-12H2,1-6H3/b18-8+,25-21?. The largest absolute Gasteiger partial charge is 0.292 e. The van der Waals surface area contributed by atoms with Crippen molar-refractivity contribution in [1.29, 1.82) is 5.41 Å². The smallest absolute Gasteiger partial charge is 0.186 e. The van der Waals surface area contributed by atoms with E-state index < -0.39 is 5.72 Å². The minimum atomic E-state index is -0.743. The zero-order chi connectivity index (χ0) is 23.0. The maximum absolute atomic E-state index is 8.63. The van der Waals surface area contributed by atoms with Gasteiger partial charge >= 0.3 is 0 Å². The molecule has 31 heavy (non-hydrogen) atoms. The van der Waals surface area contributed by atoms with Crippen LogP contribution in [0.2, 0.25) is 5.02 Å². The summed E-state index contributed by atoms with van der Waals surface area (Å²) in [6.45, 7) is 12.7. The monoisotopic (exact) mass is 478 g/mol. The van der Waals surface area contributed by atoms with Crippen LogP contribution in [0.15, 0.2) is 28.4 Å². The molecule has 0 amide bonds. The molecule has 1 unspecified atom stereocenters. The van der Waals surface area contributed by atoms with Crippen molar-refractivity contribution in [3.05, 3.63) is 39.9 Å². The van der Waals surface area contributed by atoms with Crippen molar-refractivity contribution in [3.63, 3.8) is 0 Å². The average Bonchev–Trinajstić information content (AvgIpc) is 3.06. The van der Waals surface area contributed by atoms with Crippen molar-refractivity contribution >= 4 is 57.6 Å². The summed E-state index contributed by atoms with van der Waals surface area (Å²) in [5.41, 5.74) is 3.96. The summed E-state index contributed by atoms with van der Waals surface area (Å²) in [5.74, 6) is 0. The fraction of sp³-hybridized carbons (Fsp3) is 0.522. The minimum absolute atomic E-state index is 0.152. The molecule has 0 bridgehead atoms. The van der Waals surface area contributed by atoms with Crippen molar-refractivity contribution in [2.24, 2.45) is 15.6 Å². The maximum atomic E-state index is 8.63. The topological polar surface area (TPSA) is 69.8 Å². The molecule has 168 valence electrons. The van der Waals surface area contributed by atoms with Crippen LogP contribution in [0.3, 0.4) is 0 Å². The zero-order valence-corrected chi connectivity index (χ0v) is 21.4. The number of nitrogens with zero attached hydrogens (tertiary/aromatic N) is 2. The summed E-state index contributed by atoms with van der Waals surface area (Å²) >= 11 is 12.3. The van der Waals surface area contributed by atoms with Gasteiger partial charge in [-0.3, -0.25) is 14.9 Å². The van der Waals surface area contributed by atoms with Crippen molar-refractivity contribution in [2.45, 2.75) is 72.6 Å². The SMILES string of the molecule is CC/C=C(/SC(=N)C1=NN=C(CC(C)(C)C)C1)c1ccc2c(c1Cl)C2(NC(C)C)OS. The zero-order valence-electron chi connectivity index (χ0n) is 19.0. The highest BCUT2D eigenvalue weighted by Crippen LogP contribution is 2.55. The first-order valence-electron chi connectivity index (χ1n) is 10.6. The van der Waals surface area contributed by atoms with Crippen LogP contribution < -0.4 is 5.32 Å². The molecular formula is C23H31ClN4OS2. The van der Waals surface area contributed by atoms with Gasteiger partial charge in [0, 0.05) is 39.8 Å². The van der Waals surface area contributed by atoms with Crippen LogP contribution in [0.1, 0.15) is 77.5 Å². The molecule has 5 nitrogen and oxygen atoms in total. The predicted molar refractivity (Wildman–Crippen MR) is 138 cm³/mol. The highest BCUT2D eigenvalue weighted by atomic mass is 35.5. The Balaban J connectivity index is 1.78. The van der Waals surface area contributed by atoms with Crippen LogP contribution in [-0.2, 0) is 9.91 Å². The highest BCUT2D eigenvalue weighted by molar-refractivity contribution is 8.23. The Kier molecular flexibility index (Phi) is 7.43. The molecule has 0 saturated heterocycles. The summed E-state index contributed by atoms with van der Waals surface area (Å²) in [7, 11) is 0. The number of hydrogen-bond acceptors (Lipinski definition) is 7. The second-order valence-corrected chi connectivity index (χ2v) is 11.1. The molecule has 1 aromatic carbocycles. The van der Waals surface area contributed by atoms with E-state index in [0.29, 0.717) is 22.2 Å². The molecule has 0 saturated carbocycles. The lowest BCUT2D eigenvalue weighted by Gasteiger charge is -2.18. The third-order valence-electron chi connectivity index (χ3n) is 4.99. The number of allylic oxidation sites excluding steroid dienone is 1. The quantitative estimate of drug-likeness (QED) is 0.126. The van der Waals surface area contributed by atoms with E-state index >= 15 is 0 Å². The average molecular weight is 479 g/mol. The second-order valence-electron chi connectivity index (χ2n) is 9.46. The fourth-order valence-corrected chi connectivity index (χ4v) is 5.47. The Morgan fingerprint density at radius 3 is 2.68 bits per heavy atom. The van der Waals surface area contributed by atoms with E-state index in [1.807, 2.05) is 12.1 Å². The Bertz CT molecular complexity index is 979. The third kappa shape index (κ3) is 5.28. The van der Waals surface area contributed by atoms with Crippen molar-refractivity contribution in [2.75, 3.05) is 0 Å². The molecule has 2 N–H and O–H groups in total. The van der Waals surface area contributed by atoms with E-state index in [4.69, 9.17) is 21.2 Å². The van der Waals surface area contributed by atoms with Crippen LogP contribution in [0, 0.1) is 10.8 Å². The lowest BCUT2D eigenvalue weighted by Crippen LogP contribution is -2.36. The van der Waals surface area contributed by atoms with Gasteiger partial charge in [0.25, 0.3) is 0 Å². The van der Waals surface area contributed by atoms with Crippen molar-refractivity contribution < 1.29 is 4.18 Å². The molecule has 1 aromatic rings. The number of thioether (sulfide) groups is 1. The lowest BCUT2D eigenvalue weighted by molar-refractivity contribution is 0.145. The van der Waals surface area contributed by atoms with E-state index in [1.165, 1.54) is 11.8 Å². The lowest BCUT2D eigenvalue weighted by atomic mass is 9.88. The number of nitrogens with one attached hydrogen (secondary N) is 2. The van der Waals surface area contributed by atoms with E-state index in [9.17, 15) is 0 Å². The van der Waals surface area contributed by atoms with E-state index in [-0.39, 0.29) is 11.5 Å². The van der Waals surface area contributed by atoms with Gasteiger partial charge in [-0.15, -0.1) is 0 Å². The second kappa shape index (κ2) is 9.40. The van der Waals surface area contributed by atoms with Gasteiger partial charge in [-0.1, -0.05) is 69.3 Å². The summed E-state index contributed by atoms with van der Waals surface area (Å²) in [6.07, 6.45) is 4.44. The fourth-order valence-electron chi connectivity index (χ4n) is 3.79. The molecule has 8 heteroatoms. The molecular weight excluding hydrogens is 448 g/mol. The van der Waals surface area contributed by atoms with Gasteiger partial charge < -0.3 is 0 Å². The predicted octanol–water partition coefficient (Wildman–Crippen LogP) is 6.81. The van der Waals surface area contributed by atoms with Crippen LogP contribution in [-0.4, -0.2) is 22.5 Å². The van der Waals surface area contributed by atoms with Crippen LogP contribution in [0.5, 0.6) is 0 Å². The molecule has 1 aliphatic carbocycles. The first-order chi connectivity index (χ1) is 14.5. The first-order valence-corrected chi connectivity index (χ1v) is 12.1. The summed E-state index contributed by atoms with van der Waals surface area (Å²) in [6, 6.07) is 4.22. The maximum Gasteiger partial charge on any atom is 0.186 e. The summed E-state index contributed by atoms with van der Waals surface area (Å²) < 4.78 is 5.52. The Hall–Kier alpha value is -1.12. The van der Waals surface area contributed by atoms with Crippen LogP contribution >= 0.6 is 36.3 Å². The van der Waals surface area contributed by atoms with Crippen molar-refractivity contribution in [1.82, 2.24) is 5.32 Å². The normalized spacial score (nSPS) is 20.6. The van der Waals surface area contributed by atoms with Gasteiger partial charge in [0.15, 0.2) is 5.72 Å². The molecule has 0 radical (unpaired) electrons. The Morgan fingerprint density at radius 1 is 1.39 bits per heavy atom. The molecule has 0 aromatic heterocycles. The van der Waals surface area contributed by atoms with Gasteiger partial charge in [-0.05, 0) is 45.0 Å². The Labute approximate surface area is 200 Å². The van der Waals surface area contributed by atoms with Crippen LogP contribution in [0.4, 0.5) is 0 Å². The van der Waals surface area contributed by atoms with Gasteiger partial charge in [0.2, 0.25) is 0 Å². The molecule has 2 aliphatic rings. The van der Waals surface area contributed by atoms with E-state index in [0.717, 1.165) is 40.1 Å². The van der Waals surface area contributed by atoms with Gasteiger partial charge in [-0.25, -0.2) is 0 Å². The van der Waals surface area contributed by atoms with Gasteiger partial charge in [0.1, 0.15) is 10.8 Å². The Morgan fingerprint density at radius 2 is 2.10 bits per heavy atom. The number of fused-ring (bicyclic) bond motifs is 1. The summed E-state index contributed by atoms with van der Waals surface area (Å²) in [5, 5.41) is 21.7.